The molecule has 1 heterocycles. The topological polar surface area (TPSA) is 63.7 Å². The minimum Gasteiger partial charge on any atom is -0.483 e. The molecule has 0 N–H and O–H groups in total. The SMILES string of the molecule is C[C@H](Oc1ccc(N2C(=O)[C@H]3[C@H](C)C=CC[C@H]3C2=O)cc1)C(=O)c1ccccc1. The zero-order valence-electron chi connectivity index (χ0n) is 16.4. The Balaban J connectivity index is 1.48. The number of benzene rings is 2. The Hall–Kier alpha value is -3.21. The maximum Gasteiger partial charge on any atom is 0.238 e. The van der Waals surface area contributed by atoms with Crippen molar-refractivity contribution in [2.45, 2.75) is 26.4 Å². The average Bonchev–Trinajstić information content (AvgIpc) is 3.00. The highest BCUT2D eigenvalue weighted by Crippen LogP contribution is 2.40. The quantitative estimate of drug-likeness (QED) is 0.440. The van der Waals surface area contributed by atoms with E-state index in [-0.39, 0.29) is 35.4 Å². The fraction of sp³-hybridized carbons (Fsp3) is 0.292. The third-order valence-electron chi connectivity index (χ3n) is 5.71. The second-order valence-corrected chi connectivity index (χ2v) is 7.65. The Kier molecular flexibility index (Phi) is 5.05. The van der Waals surface area contributed by atoms with E-state index in [9.17, 15) is 14.4 Å². The average molecular weight is 389 g/mol. The van der Waals surface area contributed by atoms with E-state index in [0.717, 1.165) is 0 Å². The van der Waals surface area contributed by atoms with Crippen molar-refractivity contribution in [2.75, 3.05) is 4.90 Å². The highest BCUT2D eigenvalue weighted by molar-refractivity contribution is 6.22. The van der Waals surface area contributed by atoms with E-state index >= 15 is 0 Å². The van der Waals surface area contributed by atoms with E-state index in [1.54, 1.807) is 43.3 Å². The van der Waals surface area contributed by atoms with Crippen molar-refractivity contribution in [1.82, 2.24) is 0 Å². The molecular weight excluding hydrogens is 366 g/mol. The summed E-state index contributed by atoms with van der Waals surface area (Å²) in [6.45, 7) is 3.68. The second-order valence-electron chi connectivity index (χ2n) is 7.65. The van der Waals surface area contributed by atoms with E-state index in [2.05, 4.69) is 0 Å². The molecule has 0 bridgehead atoms. The van der Waals surface area contributed by atoms with E-state index in [4.69, 9.17) is 4.74 Å². The fourth-order valence-electron chi connectivity index (χ4n) is 4.17. The number of nitrogens with zero attached hydrogens (tertiary/aromatic N) is 1. The van der Waals surface area contributed by atoms with Gasteiger partial charge in [-0.15, -0.1) is 0 Å². The number of anilines is 1. The number of imide groups is 1. The first-order valence-electron chi connectivity index (χ1n) is 9.88. The van der Waals surface area contributed by atoms with Gasteiger partial charge in [-0.05, 0) is 43.5 Å². The van der Waals surface area contributed by atoms with E-state index in [0.29, 0.717) is 23.4 Å². The lowest BCUT2D eigenvalue weighted by atomic mass is 9.78. The van der Waals surface area contributed by atoms with Crippen molar-refractivity contribution in [3.8, 4) is 5.75 Å². The minimum atomic E-state index is -0.645. The molecule has 0 spiro atoms. The molecule has 0 unspecified atom stereocenters. The molecule has 5 heteroatoms. The molecule has 1 aliphatic carbocycles. The summed E-state index contributed by atoms with van der Waals surface area (Å²) in [6, 6.07) is 15.8. The number of allylic oxidation sites excluding steroid dienone is 2. The monoisotopic (exact) mass is 389 g/mol. The van der Waals surface area contributed by atoms with Gasteiger partial charge in [0, 0.05) is 5.56 Å². The number of carbonyl (C=O) groups excluding carboxylic acids is 3. The number of carbonyl (C=O) groups is 3. The molecule has 2 aromatic carbocycles. The van der Waals surface area contributed by atoms with Gasteiger partial charge in [-0.2, -0.15) is 0 Å². The molecular formula is C24H23NO4. The van der Waals surface area contributed by atoms with Gasteiger partial charge >= 0.3 is 0 Å². The summed E-state index contributed by atoms with van der Waals surface area (Å²) in [4.78, 5) is 39.4. The molecule has 4 atom stereocenters. The zero-order chi connectivity index (χ0) is 20.5. The lowest BCUT2D eigenvalue weighted by molar-refractivity contribution is -0.122. The Labute approximate surface area is 170 Å². The first kappa shape index (κ1) is 19.1. The van der Waals surface area contributed by atoms with Crippen molar-refractivity contribution >= 4 is 23.3 Å². The summed E-state index contributed by atoms with van der Waals surface area (Å²) < 4.78 is 5.77. The largest absolute Gasteiger partial charge is 0.483 e. The van der Waals surface area contributed by atoms with E-state index in [1.807, 2.05) is 37.3 Å². The number of ketones is 1. The van der Waals surface area contributed by atoms with Crippen LogP contribution in [0.1, 0.15) is 30.6 Å². The number of rotatable bonds is 5. The molecule has 0 aromatic heterocycles. The maximum atomic E-state index is 12.9. The molecule has 2 amide bonds. The Morgan fingerprint density at radius 1 is 1.03 bits per heavy atom. The summed E-state index contributed by atoms with van der Waals surface area (Å²) in [5.74, 6) is -0.380. The number of fused-ring (bicyclic) bond motifs is 1. The summed E-state index contributed by atoms with van der Waals surface area (Å²) in [6.07, 6.45) is 3.96. The van der Waals surface area contributed by atoms with Crippen LogP contribution < -0.4 is 9.64 Å². The van der Waals surface area contributed by atoms with Gasteiger partial charge in [-0.25, -0.2) is 0 Å². The van der Waals surface area contributed by atoms with Gasteiger partial charge in [0.2, 0.25) is 17.6 Å². The summed E-state index contributed by atoms with van der Waals surface area (Å²) in [5, 5.41) is 0. The summed E-state index contributed by atoms with van der Waals surface area (Å²) >= 11 is 0. The Morgan fingerprint density at radius 2 is 1.72 bits per heavy atom. The van der Waals surface area contributed by atoms with Crippen LogP contribution in [-0.2, 0) is 9.59 Å². The van der Waals surface area contributed by atoms with Crippen LogP contribution in [0.3, 0.4) is 0 Å². The van der Waals surface area contributed by atoms with Crippen molar-refractivity contribution in [1.29, 1.82) is 0 Å². The van der Waals surface area contributed by atoms with Crippen LogP contribution >= 0.6 is 0 Å². The molecule has 0 radical (unpaired) electrons. The highest BCUT2D eigenvalue weighted by Gasteiger charge is 2.50. The van der Waals surface area contributed by atoms with Gasteiger partial charge in [0.1, 0.15) is 5.75 Å². The van der Waals surface area contributed by atoms with Crippen molar-refractivity contribution < 1.29 is 19.1 Å². The standard InChI is InChI=1S/C24H23NO4/c1-15-7-6-10-20-21(15)24(28)25(23(20)27)18-11-13-19(14-12-18)29-16(2)22(26)17-8-4-3-5-9-17/h3-9,11-16,20-21H,10H2,1-2H3/t15-,16+,20-,21+/m1/s1. The van der Waals surface area contributed by atoms with Crippen molar-refractivity contribution in [2.24, 2.45) is 17.8 Å². The van der Waals surface area contributed by atoms with Gasteiger partial charge in [0.15, 0.2) is 6.10 Å². The van der Waals surface area contributed by atoms with Crippen LogP contribution in [0.25, 0.3) is 0 Å². The molecule has 29 heavy (non-hydrogen) atoms. The van der Waals surface area contributed by atoms with Gasteiger partial charge in [0.05, 0.1) is 17.5 Å². The van der Waals surface area contributed by atoms with Gasteiger partial charge in [-0.1, -0.05) is 49.4 Å². The van der Waals surface area contributed by atoms with Crippen LogP contribution in [0.4, 0.5) is 5.69 Å². The van der Waals surface area contributed by atoms with Crippen LogP contribution in [0, 0.1) is 17.8 Å². The number of ether oxygens (including phenoxy) is 1. The van der Waals surface area contributed by atoms with Gasteiger partial charge < -0.3 is 4.74 Å². The molecule has 4 rings (SSSR count). The Bertz CT molecular complexity index is 964. The molecule has 1 saturated heterocycles. The van der Waals surface area contributed by atoms with Crippen LogP contribution in [0.15, 0.2) is 66.7 Å². The maximum absolute atomic E-state index is 12.9. The lowest BCUT2D eigenvalue weighted by Crippen LogP contribution is -2.31. The molecule has 2 aromatic rings. The first-order chi connectivity index (χ1) is 14.0. The predicted octanol–water partition coefficient (Wildman–Crippen LogP) is 4.04. The van der Waals surface area contributed by atoms with E-state index in [1.165, 1.54) is 4.90 Å². The van der Waals surface area contributed by atoms with Crippen molar-refractivity contribution in [3.63, 3.8) is 0 Å². The van der Waals surface area contributed by atoms with E-state index < -0.39 is 6.10 Å². The zero-order valence-corrected chi connectivity index (χ0v) is 16.4. The first-order valence-corrected chi connectivity index (χ1v) is 9.88. The molecule has 5 nitrogen and oxygen atoms in total. The predicted molar refractivity (Wildman–Crippen MR) is 110 cm³/mol. The molecule has 148 valence electrons. The third-order valence-corrected chi connectivity index (χ3v) is 5.71. The van der Waals surface area contributed by atoms with Gasteiger partial charge in [-0.3, -0.25) is 19.3 Å². The molecule has 1 aliphatic heterocycles. The molecule has 1 fully saturated rings. The molecule has 2 aliphatic rings. The number of hydrogen-bond acceptors (Lipinski definition) is 4. The fourth-order valence-corrected chi connectivity index (χ4v) is 4.17. The van der Waals surface area contributed by atoms with Crippen LogP contribution in [0.2, 0.25) is 0 Å². The number of amides is 2. The highest BCUT2D eigenvalue weighted by atomic mass is 16.5. The second kappa shape index (κ2) is 7.66. The third kappa shape index (κ3) is 3.48. The summed E-state index contributed by atoms with van der Waals surface area (Å²) in [5.41, 5.74) is 1.13. The van der Waals surface area contributed by atoms with Gasteiger partial charge in [0.25, 0.3) is 0 Å². The number of hydrogen-bond donors (Lipinski definition) is 0. The Morgan fingerprint density at radius 3 is 2.38 bits per heavy atom. The van der Waals surface area contributed by atoms with Crippen molar-refractivity contribution in [3.05, 3.63) is 72.3 Å². The smallest absolute Gasteiger partial charge is 0.238 e. The normalized spacial score (nSPS) is 24.3. The minimum absolute atomic E-state index is 0.0580. The summed E-state index contributed by atoms with van der Waals surface area (Å²) in [7, 11) is 0. The van der Waals surface area contributed by atoms with Crippen LogP contribution in [0.5, 0.6) is 5.75 Å². The number of Topliss-reactive ketones (excluding diaryl/α,β-unsaturated/α-hetero) is 1. The lowest BCUT2D eigenvalue weighted by Gasteiger charge is -2.22. The molecule has 0 saturated carbocycles. The van der Waals surface area contributed by atoms with Crippen LogP contribution in [-0.4, -0.2) is 23.7 Å².